The van der Waals surface area contributed by atoms with E-state index in [1.165, 1.54) is 5.69 Å². The van der Waals surface area contributed by atoms with Crippen molar-refractivity contribution >= 4 is 17.5 Å². The van der Waals surface area contributed by atoms with E-state index in [0.29, 0.717) is 38.0 Å². The van der Waals surface area contributed by atoms with Gasteiger partial charge in [0.05, 0.1) is 13.2 Å². The second-order valence-corrected chi connectivity index (χ2v) is 10.0. The molecule has 194 valence electrons. The number of piperidine rings is 1. The molecule has 2 saturated heterocycles. The van der Waals surface area contributed by atoms with Crippen molar-refractivity contribution < 1.29 is 14.3 Å². The first kappa shape index (κ1) is 25.8. The van der Waals surface area contributed by atoms with Crippen LogP contribution in [0.25, 0.3) is 0 Å². The van der Waals surface area contributed by atoms with Crippen molar-refractivity contribution in [1.82, 2.24) is 20.4 Å². The third kappa shape index (κ3) is 6.67. The van der Waals surface area contributed by atoms with Gasteiger partial charge in [0.25, 0.3) is 0 Å². The highest BCUT2D eigenvalue weighted by atomic mass is 16.5. The first-order chi connectivity index (χ1) is 17.1. The number of carbonyl (C=O) groups is 2. The Bertz CT molecular complexity index is 853. The zero-order valence-corrected chi connectivity index (χ0v) is 21.6. The quantitative estimate of drug-likeness (QED) is 0.665. The van der Waals surface area contributed by atoms with Crippen molar-refractivity contribution in [1.29, 1.82) is 0 Å². The van der Waals surface area contributed by atoms with E-state index in [9.17, 15) is 9.59 Å². The summed E-state index contributed by atoms with van der Waals surface area (Å²) in [4.78, 5) is 32.2. The maximum atomic E-state index is 13.0. The van der Waals surface area contributed by atoms with Crippen LogP contribution in [0.1, 0.15) is 45.1 Å². The number of hydrogen-bond donors (Lipinski definition) is 2. The summed E-state index contributed by atoms with van der Waals surface area (Å²) in [5.41, 5.74) is 2.32. The summed E-state index contributed by atoms with van der Waals surface area (Å²) in [5.74, 6) is 1.98. The van der Waals surface area contributed by atoms with Gasteiger partial charge in [-0.2, -0.15) is 0 Å². The van der Waals surface area contributed by atoms with Crippen LogP contribution in [0, 0.1) is 11.8 Å². The minimum absolute atomic E-state index is 0.156. The van der Waals surface area contributed by atoms with Gasteiger partial charge in [-0.25, -0.2) is 0 Å². The fraction of sp³-hybridized carbons (Fsp3) is 0.704. The molecule has 0 unspecified atom stereocenters. The molecule has 0 radical (unpaired) electrons. The highest BCUT2D eigenvalue weighted by molar-refractivity contribution is 5.79. The van der Waals surface area contributed by atoms with Crippen LogP contribution in [0.5, 0.6) is 5.75 Å². The Morgan fingerprint density at radius 3 is 2.63 bits per heavy atom. The van der Waals surface area contributed by atoms with E-state index in [1.54, 1.807) is 0 Å². The van der Waals surface area contributed by atoms with Gasteiger partial charge in [0.2, 0.25) is 11.8 Å². The number of anilines is 1. The normalized spacial score (nSPS) is 23.9. The number of rotatable bonds is 5. The fourth-order valence-corrected chi connectivity index (χ4v) is 5.74. The number of carbonyl (C=O) groups excluding carboxylic acids is 2. The van der Waals surface area contributed by atoms with Gasteiger partial charge in [0, 0.05) is 76.6 Å². The van der Waals surface area contributed by atoms with Crippen molar-refractivity contribution in [3.63, 3.8) is 0 Å². The van der Waals surface area contributed by atoms with Crippen LogP contribution in [0.4, 0.5) is 5.69 Å². The van der Waals surface area contributed by atoms with Gasteiger partial charge >= 0.3 is 0 Å². The first-order valence-electron chi connectivity index (χ1n) is 13.6. The molecule has 8 heteroatoms. The summed E-state index contributed by atoms with van der Waals surface area (Å²) >= 11 is 0. The van der Waals surface area contributed by atoms with E-state index in [-0.39, 0.29) is 11.8 Å². The summed E-state index contributed by atoms with van der Waals surface area (Å²) in [6.45, 7) is 12.7. The Hall–Kier alpha value is -2.32. The average Bonchev–Trinajstić information content (AvgIpc) is 2.89. The van der Waals surface area contributed by atoms with Gasteiger partial charge in [-0.05, 0) is 63.1 Å². The summed E-state index contributed by atoms with van der Waals surface area (Å²) in [7, 11) is 0. The van der Waals surface area contributed by atoms with Crippen LogP contribution in [-0.4, -0.2) is 87.1 Å². The van der Waals surface area contributed by atoms with E-state index in [2.05, 4.69) is 33.7 Å². The van der Waals surface area contributed by atoms with Crippen LogP contribution >= 0.6 is 0 Å². The number of amides is 2. The summed E-state index contributed by atoms with van der Waals surface area (Å²) < 4.78 is 6.25. The zero-order valence-electron chi connectivity index (χ0n) is 21.6. The molecule has 0 saturated carbocycles. The molecule has 1 aromatic carbocycles. The molecule has 2 atom stereocenters. The molecule has 3 aliphatic rings. The van der Waals surface area contributed by atoms with Gasteiger partial charge in [-0.15, -0.1) is 0 Å². The third-order valence-corrected chi connectivity index (χ3v) is 7.89. The molecular weight excluding hydrogens is 442 g/mol. The number of piperazine rings is 1. The molecule has 4 rings (SSSR count). The maximum absolute atomic E-state index is 13.0. The van der Waals surface area contributed by atoms with Crippen LogP contribution in [0.15, 0.2) is 18.2 Å². The monoisotopic (exact) mass is 485 g/mol. The van der Waals surface area contributed by atoms with Gasteiger partial charge in [-0.3, -0.25) is 9.59 Å². The van der Waals surface area contributed by atoms with Crippen LogP contribution in [-0.2, 0) is 16.1 Å². The van der Waals surface area contributed by atoms with E-state index in [4.69, 9.17) is 4.74 Å². The highest BCUT2D eigenvalue weighted by Gasteiger charge is 2.33. The van der Waals surface area contributed by atoms with E-state index in [1.807, 2.05) is 23.6 Å². The average molecular weight is 486 g/mol. The van der Waals surface area contributed by atoms with Crippen molar-refractivity contribution in [2.45, 2.75) is 46.1 Å². The lowest BCUT2D eigenvalue weighted by atomic mass is 9.80. The third-order valence-electron chi connectivity index (χ3n) is 7.89. The van der Waals surface area contributed by atoms with Crippen molar-refractivity contribution in [3.8, 4) is 5.75 Å². The Balaban J connectivity index is 1.44. The second-order valence-electron chi connectivity index (χ2n) is 10.0. The summed E-state index contributed by atoms with van der Waals surface area (Å²) in [5, 5.41) is 6.78. The second kappa shape index (κ2) is 12.6. The minimum atomic E-state index is 0.156. The fourth-order valence-electron chi connectivity index (χ4n) is 5.74. The molecule has 2 fully saturated rings. The number of nitrogens with zero attached hydrogens (tertiary/aromatic N) is 3. The molecule has 2 bridgehead atoms. The number of hydrogen-bond acceptors (Lipinski definition) is 6. The molecule has 0 spiro atoms. The van der Waals surface area contributed by atoms with E-state index in [0.717, 1.165) is 82.9 Å². The lowest BCUT2D eigenvalue weighted by Crippen LogP contribution is -2.47. The lowest BCUT2D eigenvalue weighted by molar-refractivity contribution is -0.135. The van der Waals surface area contributed by atoms with Gasteiger partial charge in [0.15, 0.2) is 0 Å². The van der Waals surface area contributed by atoms with Crippen molar-refractivity contribution in [2.24, 2.45) is 11.8 Å². The van der Waals surface area contributed by atoms with E-state index < -0.39 is 0 Å². The van der Waals surface area contributed by atoms with Crippen molar-refractivity contribution in [3.05, 3.63) is 23.8 Å². The molecule has 2 N–H and O–H groups in total. The number of benzene rings is 1. The van der Waals surface area contributed by atoms with E-state index >= 15 is 0 Å². The zero-order chi connectivity index (χ0) is 24.6. The van der Waals surface area contributed by atoms with Crippen molar-refractivity contribution in [2.75, 3.05) is 70.4 Å². The predicted molar refractivity (Wildman–Crippen MR) is 139 cm³/mol. The Morgan fingerprint density at radius 2 is 1.86 bits per heavy atom. The Labute approximate surface area is 210 Å². The molecular formula is C27H43N5O3. The minimum Gasteiger partial charge on any atom is -0.493 e. The number of ether oxygens (including phenoxy) is 1. The summed E-state index contributed by atoms with van der Waals surface area (Å²) in [6.07, 6.45) is 3.39. The molecule has 1 aromatic rings. The van der Waals surface area contributed by atoms with Gasteiger partial charge in [0.1, 0.15) is 5.75 Å². The standard InChI is InChI=1S/C27H43N5O3/c1-3-30(4-2)26(33)17-21-9-12-32-20-22(21)6-5-15-35-25-8-7-24(31-13-10-28-11-14-31)16-23(25)18-29-19-27(32)34/h7-8,16,21-22,28-29H,3-6,9-15,17-20H2,1-2H3/t21-,22-/m0/s1. The molecule has 3 aliphatic heterocycles. The summed E-state index contributed by atoms with van der Waals surface area (Å²) in [6, 6.07) is 6.45. The molecule has 0 aromatic heterocycles. The number of fused-ring (bicyclic) bond motifs is 3. The topological polar surface area (TPSA) is 77.2 Å². The molecule has 35 heavy (non-hydrogen) atoms. The van der Waals surface area contributed by atoms with Crippen LogP contribution < -0.4 is 20.3 Å². The molecule has 2 amide bonds. The molecule has 0 aliphatic carbocycles. The molecule has 3 heterocycles. The largest absolute Gasteiger partial charge is 0.493 e. The van der Waals surface area contributed by atoms with Gasteiger partial charge in [-0.1, -0.05) is 0 Å². The lowest BCUT2D eigenvalue weighted by Gasteiger charge is -2.39. The van der Waals surface area contributed by atoms with Crippen LogP contribution in [0.2, 0.25) is 0 Å². The van der Waals surface area contributed by atoms with Crippen LogP contribution in [0.3, 0.4) is 0 Å². The molecule has 8 nitrogen and oxygen atoms in total. The maximum Gasteiger partial charge on any atom is 0.236 e. The predicted octanol–water partition coefficient (Wildman–Crippen LogP) is 2.08. The highest BCUT2D eigenvalue weighted by Crippen LogP contribution is 2.32. The smallest absolute Gasteiger partial charge is 0.236 e. The Kier molecular flexibility index (Phi) is 9.26. The van der Waals surface area contributed by atoms with Gasteiger partial charge < -0.3 is 30.1 Å². The Morgan fingerprint density at radius 1 is 1.06 bits per heavy atom. The SMILES string of the molecule is CCN(CC)C(=O)C[C@@H]1CCN2C[C@@H]1CCCOc1ccc(N3CCNCC3)cc1CNCC2=O. The first-order valence-corrected chi connectivity index (χ1v) is 13.6. The number of nitrogens with one attached hydrogen (secondary N) is 2.